The Balaban J connectivity index is 1.40. The van der Waals surface area contributed by atoms with Crippen molar-refractivity contribution in [2.24, 2.45) is 0 Å². The van der Waals surface area contributed by atoms with Gasteiger partial charge in [0.1, 0.15) is 0 Å². The quantitative estimate of drug-likeness (QED) is 0.687. The number of nitrogens with zero attached hydrogens (tertiary/aromatic N) is 1. The predicted molar refractivity (Wildman–Crippen MR) is 115 cm³/mol. The van der Waals surface area contributed by atoms with Crippen molar-refractivity contribution < 1.29 is 18.7 Å². The maximum Gasteiger partial charge on any atom is 0.244 e. The van der Waals surface area contributed by atoms with Gasteiger partial charge in [0.15, 0.2) is 11.6 Å². The molecule has 2 amide bonds. The lowest BCUT2D eigenvalue weighted by atomic mass is 10.0. The molecule has 2 N–H and O–H groups in total. The molecule has 7 heteroatoms. The van der Waals surface area contributed by atoms with Gasteiger partial charge in [0.2, 0.25) is 11.8 Å². The molecular formula is C23H26FN3O3. The molecule has 0 radical (unpaired) electrons. The van der Waals surface area contributed by atoms with E-state index in [-0.39, 0.29) is 23.6 Å². The van der Waals surface area contributed by atoms with Crippen LogP contribution in [-0.4, -0.2) is 49.5 Å². The maximum atomic E-state index is 13.7. The number of amides is 2. The summed E-state index contributed by atoms with van der Waals surface area (Å²) >= 11 is 0. The number of carbonyl (C=O) groups is 2. The van der Waals surface area contributed by atoms with E-state index in [0.717, 1.165) is 31.6 Å². The Bertz CT molecular complexity index is 894. The number of benzene rings is 2. The molecule has 1 saturated heterocycles. The van der Waals surface area contributed by atoms with Crippen molar-refractivity contribution in [1.82, 2.24) is 10.2 Å². The Morgan fingerprint density at radius 3 is 2.57 bits per heavy atom. The van der Waals surface area contributed by atoms with Gasteiger partial charge in [-0.2, -0.15) is 0 Å². The van der Waals surface area contributed by atoms with Crippen molar-refractivity contribution in [3.63, 3.8) is 0 Å². The lowest BCUT2D eigenvalue weighted by molar-refractivity contribution is -0.119. The molecule has 0 spiro atoms. The third kappa shape index (κ3) is 6.42. The second kappa shape index (κ2) is 10.5. The van der Waals surface area contributed by atoms with E-state index in [1.165, 1.54) is 25.3 Å². The molecule has 1 fully saturated rings. The third-order valence-electron chi connectivity index (χ3n) is 4.96. The summed E-state index contributed by atoms with van der Waals surface area (Å²) in [5.41, 5.74) is 1.37. The summed E-state index contributed by atoms with van der Waals surface area (Å²) in [6, 6.07) is 14.0. The molecule has 2 aromatic rings. The Hall–Kier alpha value is -3.19. The second-order valence-electron chi connectivity index (χ2n) is 7.20. The standard InChI is InChI=1S/C23H26FN3O3/c1-30-21-9-7-17(15-20(21)24)8-10-22(28)25-19-11-13-27(14-12-19)16-23(29)26-18-5-3-2-4-6-18/h2-10,15,19H,11-14,16H2,1H3,(H,25,28)(H,26,29)/b10-8+. The van der Waals surface area contributed by atoms with Crippen molar-refractivity contribution >= 4 is 23.6 Å². The summed E-state index contributed by atoms with van der Waals surface area (Å²) < 4.78 is 18.6. The first kappa shape index (κ1) is 21.5. The number of para-hydroxylation sites is 1. The van der Waals surface area contributed by atoms with Gasteiger partial charge in [0.05, 0.1) is 13.7 Å². The zero-order valence-electron chi connectivity index (χ0n) is 16.9. The summed E-state index contributed by atoms with van der Waals surface area (Å²) in [6.07, 6.45) is 4.52. The zero-order valence-corrected chi connectivity index (χ0v) is 16.9. The molecule has 6 nitrogen and oxygen atoms in total. The van der Waals surface area contributed by atoms with Crippen molar-refractivity contribution in [2.75, 3.05) is 32.1 Å². The molecule has 30 heavy (non-hydrogen) atoms. The maximum absolute atomic E-state index is 13.7. The van der Waals surface area contributed by atoms with Gasteiger partial charge in [0, 0.05) is 30.9 Å². The van der Waals surface area contributed by atoms with Gasteiger partial charge in [-0.15, -0.1) is 0 Å². The first-order valence-corrected chi connectivity index (χ1v) is 9.93. The van der Waals surface area contributed by atoms with Gasteiger partial charge >= 0.3 is 0 Å². The minimum Gasteiger partial charge on any atom is -0.494 e. The highest BCUT2D eigenvalue weighted by Gasteiger charge is 2.21. The van der Waals surface area contributed by atoms with Crippen LogP contribution in [-0.2, 0) is 9.59 Å². The zero-order chi connectivity index (χ0) is 21.3. The molecule has 158 valence electrons. The fourth-order valence-electron chi connectivity index (χ4n) is 3.37. The monoisotopic (exact) mass is 411 g/mol. The van der Waals surface area contributed by atoms with Crippen LogP contribution in [0.3, 0.4) is 0 Å². The fraction of sp³-hybridized carbons (Fsp3) is 0.304. The number of anilines is 1. The smallest absolute Gasteiger partial charge is 0.244 e. The summed E-state index contributed by atoms with van der Waals surface area (Å²) in [7, 11) is 1.41. The number of methoxy groups -OCH3 is 1. The van der Waals surface area contributed by atoms with E-state index in [9.17, 15) is 14.0 Å². The van der Waals surface area contributed by atoms with Crippen molar-refractivity contribution in [3.8, 4) is 5.75 Å². The van der Waals surface area contributed by atoms with E-state index in [1.54, 1.807) is 12.1 Å². The molecular weight excluding hydrogens is 385 g/mol. The van der Waals surface area contributed by atoms with E-state index in [0.29, 0.717) is 12.1 Å². The lowest BCUT2D eigenvalue weighted by Gasteiger charge is -2.31. The third-order valence-corrected chi connectivity index (χ3v) is 4.96. The number of carbonyl (C=O) groups excluding carboxylic acids is 2. The van der Waals surface area contributed by atoms with E-state index in [4.69, 9.17) is 4.74 Å². The number of piperidine rings is 1. The van der Waals surface area contributed by atoms with E-state index < -0.39 is 5.82 Å². The lowest BCUT2D eigenvalue weighted by Crippen LogP contribution is -2.46. The fourth-order valence-corrected chi connectivity index (χ4v) is 3.37. The van der Waals surface area contributed by atoms with Crippen LogP contribution in [0.25, 0.3) is 6.08 Å². The average Bonchev–Trinajstić information content (AvgIpc) is 2.74. The number of hydrogen-bond donors (Lipinski definition) is 2. The van der Waals surface area contributed by atoms with Crippen LogP contribution >= 0.6 is 0 Å². The van der Waals surface area contributed by atoms with Crippen LogP contribution in [0.4, 0.5) is 10.1 Å². The highest BCUT2D eigenvalue weighted by Crippen LogP contribution is 2.18. The van der Waals surface area contributed by atoms with Crippen LogP contribution < -0.4 is 15.4 Å². The van der Waals surface area contributed by atoms with Crippen LogP contribution in [0.1, 0.15) is 18.4 Å². The van der Waals surface area contributed by atoms with E-state index in [1.807, 2.05) is 30.3 Å². The summed E-state index contributed by atoms with van der Waals surface area (Å²) in [5.74, 6) is -0.561. The molecule has 1 heterocycles. The molecule has 0 bridgehead atoms. The Labute approximate surface area is 175 Å². The van der Waals surface area contributed by atoms with Crippen LogP contribution in [0, 0.1) is 5.82 Å². The SMILES string of the molecule is COc1ccc(/C=C/C(=O)NC2CCN(CC(=O)Nc3ccccc3)CC2)cc1F. The van der Waals surface area contributed by atoms with Gasteiger partial charge in [-0.25, -0.2) is 4.39 Å². The molecule has 1 aliphatic heterocycles. The molecule has 2 aromatic carbocycles. The molecule has 0 atom stereocenters. The highest BCUT2D eigenvalue weighted by atomic mass is 19.1. The second-order valence-corrected chi connectivity index (χ2v) is 7.20. The molecule has 0 aromatic heterocycles. The van der Waals surface area contributed by atoms with Gasteiger partial charge in [-0.05, 0) is 48.7 Å². The number of likely N-dealkylation sites (tertiary alicyclic amines) is 1. The van der Waals surface area contributed by atoms with Crippen LogP contribution in [0.15, 0.2) is 54.6 Å². The van der Waals surface area contributed by atoms with Gasteiger partial charge < -0.3 is 15.4 Å². The van der Waals surface area contributed by atoms with E-state index >= 15 is 0 Å². The molecule has 0 saturated carbocycles. The Morgan fingerprint density at radius 2 is 1.90 bits per heavy atom. The minimum atomic E-state index is -0.469. The van der Waals surface area contributed by atoms with Gasteiger partial charge in [-0.1, -0.05) is 24.3 Å². The van der Waals surface area contributed by atoms with Crippen LogP contribution in [0.2, 0.25) is 0 Å². The van der Waals surface area contributed by atoms with Gasteiger partial charge in [0.25, 0.3) is 0 Å². The van der Waals surface area contributed by atoms with Gasteiger partial charge in [-0.3, -0.25) is 14.5 Å². The summed E-state index contributed by atoms with van der Waals surface area (Å²) in [5, 5.41) is 5.85. The largest absolute Gasteiger partial charge is 0.494 e. The normalized spacial score (nSPS) is 15.1. The molecule has 0 unspecified atom stereocenters. The number of halogens is 1. The predicted octanol–water partition coefficient (Wildman–Crippen LogP) is 3.07. The topological polar surface area (TPSA) is 70.7 Å². The highest BCUT2D eigenvalue weighted by molar-refractivity contribution is 5.92. The number of nitrogens with one attached hydrogen (secondary N) is 2. The average molecular weight is 411 g/mol. The number of rotatable bonds is 7. The van der Waals surface area contributed by atoms with E-state index in [2.05, 4.69) is 15.5 Å². The van der Waals surface area contributed by atoms with Crippen molar-refractivity contribution in [3.05, 3.63) is 66.0 Å². The number of ether oxygens (including phenoxy) is 1. The molecule has 0 aliphatic carbocycles. The first-order valence-electron chi connectivity index (χ1n) is 9.93. The summed E-state index contributed by atoms with van der Waals surface area (Å²) in [4.78, 5) is 26.4. The Morgan fingerprint density at radius 1 is 1.17 bits per heavy atom. The van der Waals surface area contributed by atoms with Crippen molar-refractivity contribution in [1.29, 1.82) is 0 Å². The minimum absolute atomic E-state index is 0.0432. The van der Waals surface area contributed by atoms with Crippen LogP contribution in [0.5, 0.6) is 5.75 Å². The Kier molecular flexibility index (Phi) is 7.57. The number of hydrogen-bond acceptors (Lipinski definition) is 4. The van der Waals surface area contributed by atoms with Crippen molar-refractivity contribution in [2.45, 2.75) is 18.9 Å². The molecule has 1 aliphatic rings. The first-order chi connectivity index (χ1) is 14.5. The molecule has 3 rings (SSSR count). The summed E-state index contributed by atoms with van der Waals surface area (Å²) in [6.45, 7) is 1.81.